The molecule has 3 aromatic carbocycles. The van der Waals surface area contributed by atoms with E-state index >= 15 is 0 Å². The number of ether oxygens (including phenoxy) is 1. The van der Waals surface area contributed by atoms with Crippen LogP contribution in [0.1, 0.15) is 77.2 Å². The highest BCUT2D eigenvalue weighted by Gasteiger charge is 2.16. The molecule has 0 aliphatic heterocycles. The molecule has 37 heavy (non-hydrogen) atoms. The van der Waals surface area contributed by atoms with Gasteiger partial charge in [0, 0.05) is 9.79 Å². The van der Waals surface area contributed by atoms with Gasteiger partial charge in [-0.1, -0.05) is 113 Å². The van der Waals surface area contributed by atoms with Crippen molar-refractivity contribution in [2.24, 2.45) is 0 Å². The first-order valence-corrected chi connectivity index (χ1v) is 15.7. The van der Waals surface area contributed by atoms with Crippen molar-refractivity contribution in [3.05, 3.63) is 84.4 Å². The molecule has 3 aromatic rings. The molecule has 198 valence electrons. The predicted molar refractivity (Wildman–Crippen MR) is 161 cm³/mol. The molecule has 0 aliphatic carbocycles. The number of esters is 1. The van der Waals surface area contributed by atoms with Crippen LogP contribution in [0.4, 0.5) is 0 Å². The van der Waals surface area contributed by atoms with Gasteiger partial charge in [0.15, 0.2) is 0 Å². The van der Waals surface area contributed by atoms with Gasteiger partial charge in [-0.2, -0.15) is 0 Å². The third kappa shape index (κ3) is 11.4. The van der Waals surface area contributed by atoms with E-state index in [9.17, 15) is 4.79 Å². The van der Waals surface area contributed by atoms with E-state index in [4.69, 9.17) is 4.74 Å². The molecule has 0 spiro atoms. The van der Waals surface area contributed by atoms with Crippen molar-refractivity contribution >= 4 is 29.5 Å². The lowest BCUT2D eigenvalue weighted by molar-refractivity contribution is -0.143. The van der Waals surface area contributed by atoms with E-state index in [1.54, 1.807) is 0 Å². The number of thioether (sulfide) groups is 2. The number of hydrogen-bond acceptors (Lipinski definition) is 4. The monoisotopic (exact) mass is 534 g/mol. The zero-order valence-electron chi connectivity index (χ0n) is 22.5. The molecule has 4 heteroatoms. The van der Waals surface area contributed by atoms with E-state index in [1.807, 2.05) is 49.0 Å². The Hall–Kier alpha value is -2.17. The van der Waals surface area contributed by atoms with Crippen LogP contribution in [-0.4, -0.2) is 17.0 Å². The Morgan fingerprint density at radius 2 is 1.24 bits per heavy atom. The number of carbonyl (C=O) groups excluding carboxylic acids is 1. The summed E-state index contributed by atoms with van der Waals surface area (Å²) in [5.41, 5.74) is 3.42. The van der Waals surface area contributed by atoms with Gasteiger partial charge in [0.1, 0.15) is 11.9 Å². The lowest BCUT2D eigenvalue weighted by Gasteiger charge is -2.12. The predicted octanol–water partition coefficient (Wildman–Crippen LogP) is 10.2. The van der Waals surface area contributed by atoms with Gasteiger partial charge in [-0.05, 0) is 60.1 Å². The lowest BCUT2D eigenvalue weighted by Crippen LogP contribution is -2.16. The van der Waals surface area contributed by atoms with Crippen LogP contribution in [0.3, 0.4) is 0 Å². The Kier molecular flexibility index (Phi) is 13.8. The summed E-state index contributed by atoms with van der Waals surface area (Å²) >= 11 is 3.50. The summed E-state index contributed by atoms with van der Waals surface area (Å²) in [5.74, 6) is 1.01. The van der Waals surface area contributed by atoms with Crippen LogP contribution in [0.2, 0.25) is 0 Å². The second-order valence-electron chi connectivity index (χ2n) is 9.58. The molecule has 0 unspecified atom stereocenters. The quantitative estimate of drug-likeness (QED) is 0.0977. The third-order valence-corrected chi connectivity index (χ3v) is 8.62. The summed E-state index contributed by atoms with van der Waals surface area (Å²) < 4.78 is 5.47. The van der Waals surface area contributed by atoms with Crippen LogP contribution in [0.25, 0.3) is 11.1 Å². The minimum atomic E-state index is -0.253. The minimum Gasteiger partial charge on any atom is -0.460 e. The van der Waals surface area contributed by atoms with Crippen molar-refractivity contribution < 1.29 is 9.53 Å². The molecular formula is C33H42O2S2. The van der Waals surface area contributed by atoms with Gasteiger partial charge in [0.25, 0.3) is 0 Å². The zero-order chi connectivity index (χ0) is 26.1. The van der Waals surface area contributed by atoms with Crippen molar-refractivity contribution in [2.75, 3.05) is 5.75 Å². The molecule has 0 radical (unpaired) electrons. The molecular weight excluding hydrogens is 492 g/mol. The van der Waals surface area contributed by atoms with E-state index in [0.29, 0.717) is 6.61 Å². The Bertz CT molecular complexity index is 1020. The fraction of sp³-hybridized carbons (Fsp3) is 0.424. The molecule has 3 rings (SSSR count). The maximum absolute atomic E-state index is 12.4. The summed E-state index contributed by atoms with van der Waals surface area (Å²) in [5, 5.41) is -0.253. The molecule has 0 fully saturated rings. The first-order chi connectivity index (χ1) is 18.2. The largest absolute Gasteiger partial charge is 0.460 e. The Balaban J connectivity index is 1.35. The van der Waals surface area contributed by atoms with Gasteiger partial charge < -0.3 is 4.74 Å². The van der Waals surface area contributed by atoms with Gasteiger partial charge in [0.05, 0.1) is 0 Å². The summed E-state index contributed by atoms with van der Waals surface area (Å²) in [7, 11) is 0. The van der Waals surface area contributed by atoms with Crippen LogP contribution < -0.4 is 0 Å². The number of unbranched alkanes of at least 4 members (excludes halogenated alkanes) is 8. The van der Waals surface area contributed by atoms with Crippen molar-refractivity contribution in [3.8, 4) is 11.1 Å². The zero-order valence-corrected chi connectivity index (χ0v) is 24.1. The van der Waals surface area contributed by atoms with Crippen LogP contribution >= 0.6 is 23.5 Å². The topological polar surface area (TPSA) is 26.3 Å². The third-order valence-electron chi connectivity index (χ3n) is 6.43. The highest BCUT2D eigenvalue weighted by Crippen LogP contribution is 2.29. The van der Waals surface area contributed by atoms with E-state index in [2.05, 4.69) is 55.5 Å². The number of benzene rings is 3. The molecule has 0 saturated carbocycles. The van der Waals surface area contributed by atoms with Crippen LogP contribution in [0.5, 0.6) is 0 Å². The second-order valence-corrected chi connectivity index (χ2v) is 12.2. The van der Waals surface area contributed by atoms with Crippen LogP contribution in [-0.2, 0) is 16.1 Å². The molecule has 0 saturated heterocycles. The summed E-state index contributed by atoms with van der Waals surface area (Å²) in [6, 6.07) is 27.1. The standard InChI is InChI=1S/C33H42O2S2/c1-3-4-5-6-7-8-9-10-14-25-36-31-21-17-29(18-22-31)30-19-23-32(24-20-30)37-27(2)33(34)35-26-28-15-12-11-13-16-28/h11-13,15-24,27H,3-10,14,25-26H2,1-2H3/t27-/m1/s1. The number of hydrogen-bond donors (Lipinski definition) is 0. The summed E-state index contributed by atoms with van der Waals surface area (Å²) in [6.07, 6.45) is 12.4. The Morgan fingerprint density at radius 1 is 0.703 bits per heavy atom. The Labute approximate surface area is 233 Å². The van der Waals surface area contributed by atoms with E-state index < -0.39 is 0 Å². The van der Waals surface area contributed by atoms with Gasteiger partial charge in [-0.25, -0.2) is 0 Å². The van der Waals surface area contributed by atoms with Crippen molar-refractivity contribution in [2.45, 2.75) is 93.3 Å². The molecule has 0 N–H and O–H groups in total. The number of carbonyl (C=O) groups is 1. The van der Waals surface area contributed by atoms with E-state index in [0.717, 1.165) is 10.5 Å². The molecule has 0 bridgehead atoms. The Morgan fingerprint density at radius 3 is 1.84 bits per heavy atom. The highest BCUT2D eigenvalue weighted by molar-refractivity contribution is 8.00. The summed E-state index contributed by atoms with van der Waals surface area (Å²) in [4.78, 5) is 14.8. The molecule has 0 aliphatic rings. The maximum Gasteiger partial charge on any atom is 0.319 e. The molecule has 2 nitrogen and oxygen atoms in total. The summed E-state index contributed by atoms with van der Waals surface area (Å²) in [6.45, 7) is 4.49. The maximum atomic E-state index is 12.4. The fourth-order valence-electron chi connectivity index (χ4n) is 4.17. The minimum absolute atomic E-state index is 0.187. The lowest BCUT2D eigenvalue weighted by atomic mass is 10.1. The molecule has 0 heterocycles. The molecule has 0 amide bonds. The van der Waals surface area contributed by atoms with Crippen LogP contribution in [0, 0.1) is 0 Å². The highest BCUT2D eigenvalue weighted by atomic mass is 32.2. The van der Waals surface area contributed by atoms with Gasteiger partial charge in [0.2, 0.25) is 0 Å². The average Bonchev–Trinajstić information content (AvgIpc) is 2.94. The van der Waals surface area contributed by atoms with Crippen LogP contribution in [0.15, 0.2) is 88.7 Å². The number of rotatable bonds is 17. The normalized spacial score (nSPS) is 11.8. The second kappa shape index (κ2) is 17.4. The van der Waals surface area contributed by atoms with E-state index in [1.165, 1.54) is 91.3 Å². The molecule has 0 aromatic heterocycles. The van der Waals surface area contributed by atoms with Gasteiger partial charge >= 0.3 is 5.97 Å². The van der Waals surface area contributed by atoms with Crippen molar-refractivity contribution in [3.63, 3.8) is 0 Å². The molecule has 1 atom stereocenters. The first-order valence-electron chi connectivity index (χ1n) is 13.9. The van der Waals surface area contributed by atoms with E-state index in [-0.39, 0.29) is 11.2 Å². The smallest absolute Gasteiger partial charge is 0.319 e. The van der Waals surface area contributed by atoms with Crippen molar-refractivity contribution in [1.29, 1.82) is 0 Å². The SMILES string of the molecule is CCCCCCCCCCCSc1ccc(-c2ccc(S[C@H](C)C(=O)OCc3ccccc3)cc2)cc1. The van der Waals surface area contributed by atoms with Gasteiger partial charge in [-0.3, -0.25) is 4.79 Å². The first kappa shape index (κ1) is 29.4. The average molecular weight is 535 g/mol. The van der Waals surface area contributed by atoms with Gasteiger partial charge in [-0.15, -0.1) is 23.5 Å². The fourth-order valence-corrected chi connectivity index (χ4v) is 5.95. The van der Waals surface area contributed by atoms with Crippen molar-refractivity contribution in [1.82, 2.24) is 0 Å².